The fourth-order valence-electron chi connectivity index (χ4n) is 2.64. The maximum absolute atomic E-state index is 12.3. The number of carbonyl (C=O) groups excluding carboxylic acids is 1. The predicted octanol–water partition coefficient (Wildman–Crippen LogP) is 4.55. The van der Waals surface area contributed by atoms with Crippen molar-refractivity contribution in [1.29, 1.82) is 0 Å². The summed E-state index contributed by atoms with van der Waals surface area (Å²) in [6.45, 7) is 0. The van der Waals surface area contributed by atoms with Crippen LogP contribution in [0, 0.1) is 0 Å². The van der Waals surface area contributed by atoms with Gasteiger partial charge in [0.25, 0.3) is 5.91 Å². The number of amides is 1. The summed E-state index contributed by atoms with van der Waals surface area (Å²) in [5.41, 5.74) is 7.82. The molecule has 0 saturated heterocycles. The SMILES string of the molecule is COc1ccc(CC(N)c2csc(NC(=O)c3cccc(OC(F)(F)F)c3)n2)cc1. The average molecular weight is 437 g/mol. The van der Waals surface area contributed by atoms with Crippen molar-refractivity contribution < 1.29 is 27.4 Å². The Morgan fingerprint density at radius 3 is 2.60 bits per heavy atom. The number of nitrogens with zero attached hydrogens (tertiary/aromatic N) is 1. The lowest BCUT2D eigenvalue weighted by molar-refractivity contribution is -0.274. The van der Waals surface area contributed by atoms with Crippen LogP contribution in [-0.4, -0.2) is 24.4 Å². The third-order valence-corrected chi connectivity index (χ3v) is 4.84. The van der Waals surface area contributed by atoms with Crippen molar-refractivity contribution in [3.05, 3.63) is 70.7 Å². The van der Waals surface area contributed by atoms with E-state index in [0.29, 0.717) is 17.2 Å². The number of ether oxygens (including phenoxy) is 2. The second-order valence-electron chi connectivity index (χ2n) is 6.27. The van der Waals surface area contributed by atoms with Crippen LogP contribution in [0.25, 0.3) is 0 Å². The molecule has 3 aromatic rings. The van der Waals surface area contributed by atoms with Crippen LogP contribution in [0.15, 0.2) is 53.9 Å². The van der Waals surface area contributed by atoms with Gasteiger partial charge in [0.05, 0.1) is 18.8 Å². The molecular formula is C20H18F3N3O3S. The lowest BCUT2D eigenvalue weighted by Crippen LogP contribution is -2.18. The lowest BCUT2D eigenvalue weighted by atomic mass is 10.0. The van der Waals surface area contributed by atoms with Gasteiger partial charge in [-0.25, -0.2) is 4.98 Å². The first-order chi connectivity index (χ1) is 14.2. The van der Waals surface area contributed by atoms with Gasteiger partial charge in [-0.15, -0.1) is 24.5 Å². The van der Waals surface area contributed by atoms with E-state index in [1.54, 1.807) is 12.5 Å². The molecule has 1 unspecified atom stereocenters. The predicted molar refractivity (Wildman–Crippen MR) is 107 cm³/mol. The Kier molecular flexibility index (Phi) is 6.58. The number of rotatable bonds is 7. The van der Waals surface area contributed by atoms with E-state index in [0.717, 1.165) is 23.4 Å². The van der Waals surface area contributed by atoms with Crippen LogP contribution in [0.4, 0.5) is 18.3 Å². The third-order valence-electron chi connectivity index (χ3n) is 4.07. The van der Waals surface area contributed by atoms with Gasteiger partial charge < -0.3 is 15.2 Å². The molecule has 1 atom stereocenters. The Hall–Kier alpha value is -3.11. The van der Waals surface area contributed by atoms with Crippen molar-refractivity contribution in [1.82, 2.24) is 4.98 Å². The number of halogens is 3. The third kappa shape index (κ3) is 5.94. The number of benzene rings is 2. The Morgan fingerprint density at radius 2 is 1.93 bits per heavy atom. The summed E-state index contributed by atoms with van der Waals surface area (Å²) in [6, 6.07) is 11.9. The van der Waals surface area contributed by atoms with Crippen LogP contribution in [0.3, 0.4) is 0 Å². The zero-order chi connectivity index (χ0) is 21.7. The highest BCUT2D eigenvalue weighted by Crippen LogP contribution is 2.25. The number of nitrogens with one attached hydrogen (secondary N) is 1. The van der Waals surface area contributed by atoms with Gasteiger partial charge in [0, 0.05) is 10.9 Å². The van der Waals surface area contributed by atoms with Crippen LogP contribution in [0.1, 0.15) is 27.7 Å². The molecule has 1 aromatic heterocycles. The zero-order valence-corrected chi connectivity index (χ0v) is 16.6. The summed E-state index contributed by atoms with van der Waals surface area (Å²) < 4.78 is 46.0. The molecule has 1 heterocycles. The number of hydrogen-bond donors (Lipinski definition) is 2. The highest BCUT2D eigenvalue weighted by molar-refractivity contribution is 7.14. The van der Waals surface area contributed by atoms with Crippen LogP contribution in [-0.2, 0) is 6.42 Å². The molecular weight excluding hydrogens is 419 g/mol. The first kappa shape index (κ1) is 21.6. The van der Waals surface area contributed by atoms with Crippen molar-refractivity contribution in [2.75, 3.05) is 12.4 Å². The highest BCUT2D eigenvalue weighted by Gasteiger charge is 2.31. The minimum atomic E-state index is -4.83. The summed E-state index contributed by atoms with van der Waals surface area (Å²) >= 11 is 1.18. The number of nitrogens with two attached hydrogens (primary N) is 1. The van der Waals surface area contributed by atoms with Gasteiger partial charge in [0.1, 0.15) is 11.5 Å². The molecule has 0 saturated carbocycles. The Bertz CT molecular complexity index is 1010. The lowest BCUT2D eigenvalue weighted by Gasteiger charge is -2.10. The molecule has 0 bridgehead atoms. The molecule has 6 nitrogen and oxygen atoms in total. The summed E-state index contributed by atoms with van der Waals surface area (Å²) in [4.78, 5) is 16.7. The monoisotopic (exact) mass is 437 g/mol. The molecule has 10 heteroatoms. The molecule has 0 aliphatic carbocycles. The topological polar surface area (TPSA) is 86.5 Å². The quantitative estimate of drug-likeness (QED) is 0.567. The number of thiazole rings is 1. The molecule has 0 aliphatic heterocycles. The fourth-order valence-corrected chi connectivity index (χ4v) is 3.41. The Balaban J connectivity index is 1.63. The molecule has 1 amide bonds. The van der Waals surface area contributed by atoms with Crippen LogP contribution in [0.2, 0.25) is 0 Å². The molecule has 3 N–H and O–H groups in total. The van der Waals surface area contributed by atoms with Gasteiger partial charge in [-0.3, -0.25) is 10.1 Å². The number of methoxy groups -OCH3 is 1. The number of alkyl halides is 3. The molecule has 30 heavy (non-hydrogen) atoms. The summed E-state index contributed by atoms with van der Waals surface area (Å²) in [5, 5.41) is 4.59. The minimum absolute atomic E-state index is 0.0102. The molecule has 3 rings (SSSR count). The van der Waals surface area contributed by atoms with Gasteiger partial charge in [-0.2, -0.15) is 0 Å². The summed E-state index contributed by atoms with van der Waals surface area (Å²) in [5.74, 6) is -0.334. The van der Waals surface area contributed by atoms with Gasteiger partial charge in [0.15, 0.2) is 5.13 Å². The zero-order valence-electron chi connectivity index (χ0n) is 15.8. The van der Waals surface area contributed by atoms with Crippen molar-refractivity contribution in [3.8, 4) is 11.5 Å². The van der Waals surface area contributed by atoms with Gasteiger partial charge in [0.2, 0.25) is 0 Å². The second kappa shape index (κ2) is 9.14. The van der Waals surface area contributed by atoms with E-state index >= 15 is 0 Å². The first-order valence-electron chi connectivity index (χ1n) is 8.74. The number of carbonyl (C=O) groups is 1. The fraction of sp³-hybridized carbons (Fsp3) is 0.200. The first-order valence-corrected chi connectivity index (χ1v) is 9.62. The molecule has 0 spiro atoms. The van der Waals surface area contributed by atoms with E-state index in [-0.39, 0.29) is 11.6 Å². The average Bonchev–Trinajstić information content (AvgIpc) is 3.16. The van der Waals surface area contributed by atoms with Crippen molar-refractivity contribution in [2.24, 2.45) is 5.73 Å². The van der Waals surface area contributed by atoms with Crippen molar-refractivity contribution >= 4 is 22.4 Å². The van der Waals surface area contributed by atoms with E-state index in [2.05, 4.69) is 15.0 Å². The smallest absolute Gasteiger partial charge is 0.497 e. The Morgan fingerprint density at radius 1 is 1.20 bits per heavy atom. The van der Waals surface area contributed by atoms with E-state index in [4.69, 9.17) is 10.5 Å². The second-order valence-corrected chi connectivity index (χ2v) is 7.12. The van der Waals surface area contributed by atoms with Crippen molar-refractivity contribution in [2.45, 2.75) is 18.8 Å². The van der Waals surface area contributed by atoms with Crippen molar-refractivity contribution in [3.63, 3.8) is 0 Å². The van der Waals surface area contributed by atoms with Crippen LogP contribution < -0.4 is 20.5 Å². The minimum Gasteiger partial charge on any atom is -0.497 e. The number of anilines is 1. The number of hydrogen-bond acceptors (Lipinski definition) is 6. The Labute approximate surface area is 174 Å². The molecule has 2 aromatic carbocycles. The van der Waals surface area contributed by atoms with E-state index in [9.17, 15) is 18.0 Å². The normalized spacial score (nSPS) is 12.3. The van der Waals surface area contributed by atoms with E-state index < -0.39 is 18.0 Å². The maximum Gasteiger partial charge on any atom is 0.573 e. The van der Waals surface area contributed by atoms with Crippen LogP contribution in [0.5, 0.6) is 11.5 Å². The molecule has 158 valence electrons. The molecule has 0 aliphatic rings. The highest BCUT2D eigenvalue weighted by atomic mass is 32.1. The molecule has 0 fully saturated rings. The van der Waals surface area contributed by atoms with Crippen LogP contribution >= 0.6 is 11.3 Å². The maximum atomic E-state index is 12.3. The largest absolute Gasteiger partial charge is 0.573 e. The van der Waals surface area contributed by atoms with Gasteiger partial charge in [-0.05, 0) is 42.3 Å². The van der Waals surface area contributed by atoms with Gasteiger partial charge in [-0.1, -0.05) is 18.2 Å². The number of aromatic nitrogens is 1. The van der Waals surface area contributed by atoms with E-state index in [1.165, 1.54) is 23.5 Å². The summed E-state index contributed by atoms with van der Waals surface area (Å²) in [6.07, 6.45) is -4.29. The molecule has 0 radical (unpaired) electrons. The summed E-state index contributed by atoms with van der Waals surface area (Å²) in [7, 11) is 1.59. The standard InChI is InChI=1S/C20H18F3N3O3S/c1-28-14-7-5-12(6-8-14)9-16(24)17-11-30-19(25-17)26-18(27)13-3-2-4-15(10-13)29-20(21,22)23/h2-8,10-11,16H,9,24H2,1H3,(H,25,26,27). The van der Waals surface area contributed by atoms with Gasteiger partial charge >= 0.3 is 6.36 Å². The van der Waals surface area contributed by atoms with E-state index in [1.807, 2.05) is 24.3 Å².